The van der Waals surface area contributed by atoms with Gasteiger partial charge in [0.2, 0.25) is 0 Å². The number of hydrogen-bond acceptors (Lipinski definition) is 4. The second kappa shape index (κ2) is 10.3. The largest absolute Gasteiger partial charge is 0.463 e. The standard InChI is InChI=1S/C24H32N4O2/c1-5-27(6-2)14-8-11-19(4)25-24(29)22-17-21(23-13-9-15-30-23)26-28(22)20-12-7-10-18(3)16-20/h7,9-10,12-13,15-17,19H,5-6,8,11,14H2,1-4H3,(H,25,29). The molecule has 6 nitrogen and oxygen atoms in total. The Morgan fingerprint density at radius 1 is 1.20 bits per heavy atom. The zero-order valence-electron chi connectivity index (χ0n) is 18.4. The molecule has 0 aliphatic heterocycles. The van der Waals surface area contributed by atoms with Crippen LogP contribution in [0, 0.1) is 6.92 Å². The van der Waals surface area contributed by atoms with Crippen molar-refractivity contribution in [1.82, 2.24) is 20.0 Å². The lowest BCUT2D eigenvalue weighted by atomic mass is 10.1. The second-order valence-electron chi connectivity index (χ2n) is 7.69. The molecule has 0 aliphatic rings. The average molecular weight is 409 g/mol. The predicted molar refractivity (Wildman–Crippen MR) is 120 cm³/mol. The normalized spacial score (nSPS) is 12.3. The van der Waals surface area contributed by atoms with Crippen LogP contribution in [-0.4, -0.2) is 46.3 Å². The molecule has 2 aromatic heterocycles. The van der Waals surface area contributed by atoms with E-state index in [1.165, 1.54) is 0 Å². The first-order valence-electron chi connectivity index (χ1n) is 10.8. The summed E-state index contributed by atoms with van der Waals surface area (Å²) in [6, 6.07) is 13.5. The Hall–Kier alpha value is -2.86. The van der Waals surface area contributed by atoms with Crippen LogP contribution in [0.4, 0.5) is 0 Å². The number of aryl methyl sites for hydroxylation is 1. The van der Waals surface area contributed by atoms with E-state index in [2.05, 4.69) is 36.1 Å². The SMILES string of the molecule is CCN(CC)CCCC(C)NC(=O)c1cc(-c2ccco2)nn1-c1cccc(C)c1. The van der Waals surface area contributed by atoms with E-state index in [1.54, 1.807) is 17.0 Å². The lowest BCUT2D eigenvalue weighted by Crippen LogP contribution is -2.34. The molecule has 0 saturated carbocycles. The second-order valence-corrected chi connectivity index (χ2v) is 7.69. The fourth-order valence-electron chi connectivity index (χ4n) is 3.57. The third kappa shape index (κ3) is 5.39. The molecule has 3 aromatic rings. The van der Waals surface area contributed by atoms with Crippen LogP contribution in [0.3, 0.4) is 0 Å². The zero-order valence-corrected chi connectivity index (χ0v) is 18.4. The van der Waals surface area contributed by atoms with Crippen molar-refractivity contribution >= 4 is 5.91 Å². The Bertz CT molecular complexity index is 942. The summed E-state index contributed by atoms with van der Waals surface area (Å²) in [6.07, 6.45) is 3.60. The van der Waals surface area contributed by atoms with Crippen LogP contribution in [0.2, 0.25) is 0 Å². The van der Waals surface area contributed by atoms with Gasteiger partial charge < -0.3 is 14.6 Å². The number of hydrogen-bond donors (Lipinski definition) is 1. The number of nitrogens with zero attached hydrogens (tertiary/aromatic N) is 3. The fourth-order valence-corrected chi connectivity index (χ4v) is 3.57. The van der Waals surface area contributed by atoms with Crippen LogP contribution in [0.15, 0.2) is 53.1 Å². The highest BCUT2D eigenvalue weighted by atomic mass is 16.3. The summed E-state index contributed by atoms with van der Waals surface area (Å²) in [6.45, 7) is 11.6. The van der Waals surface area contributed by atoms with Crippen LogP contribution in [0.25, 0.3) is 17.1 Å². The minimum atomic E-state index is -0.128. The summed E-state index contributed by atoms with van der Waals surface area (Å²) in [5, 5.41) is 7.80. The third-order valence-electron chi connectivity index (χ3n) is 5.35. The van der Waals surface area contributed by atoms with Gasteiger partial charge in [0.1, 0.15) is 11.4 Å². The number of carbonyl (C=O) groups excluding carboxylic acids is 1. The molecule has 2 heterocycles. The smallest absolute Gasteiger partial charge is 0.270 e. The van der Waals surface area contributed by atoms with Crippen molar-refractivity contribution in [2.45, 2.75) is 46.6 Å². The maximum atomic E-state index is 13.1. The molecule has 30 heavy (non-hydrogen) atoms. The first-order chi connectivity index (χ1) is 14.5. The highest BCUT2D eigenvalue weighted by Gasteiger charge is 2.20. The minimum Gasteiger partial charge on any atom is -0.463 e. The molecule has 0 fully saturated rings. The molecule has 1 amide bonds. The summed E-state index contributed by atoms with van der Waals surface area (Å²) in [5.74, 6) is 0.514. The van der Waals surface area contributed by atoms with E-state index in [0.29, 0.717) is 17.1 Å². The Morgan fingerprint density at radius 3 is 2.67 bits per heavy atom. The van der Waals surface area contributed by atoms with E-state index in [1.807, 2.05) is 43.3 Å². The maximum absolute atomic E-state index is 13.1. The molecule has 0 saturated heterocycles. The van der Waals surface area contributed by atoms with Crippen molar-refractivity contribution < 1.29 is 9.21 Å². The quantitative estimate of drug-likeness (QED) is 0.529. The van der Waals surface area contributed by atoms with Gasteiger partial charge in [0, 0.05) is 12.1 Å². The van der Waals surface area contributed by atoms with Crippen LogP contribution >= 0.6 is 0 Å². The number of aromatic nitrogens is 2. The van der Waals surface area contributed by atoms with E-state index >= 15 is 0 Å². The number of furan rings is 1. The monoisotopic (exact) mass is 408 g/mol. The predicted octanol–water partition coefficient (Wildman–Crippen LogP) is 4.68. The number of amides is 1. The summed E-state index contributed by atoms with van der Waals surface area (Å²) >= 11 is 0. The number of rotatable bonds is 10. The Balaban J connectivity index is 1.77. The first-order valence-corrected chi connectivity index (χ1v) is 10.8. The van der Waals surface area contributed by atoms with Gasteiger partial charge in [0.25, 0.3) is 5.91 Å². The average Bonchev–Trinajstić information content (AvgIpc) is 3.41. The molecule has 6 heteroatoms. The van der Waals surface area contributed by atoms with Gasteiger partial charge in [0.15, 0.2) is 5.76 Å². The number of nitrogens with one attached hydrogen (secondary N) is 1. The van der Waals surface area contributed by atoms with Crippen molar-refractivity contribution in [2.24, 2.45) is 0 Å². The molecule has 0 bridgehead atoms. The van der Waals surface area contributed by atoms with E-state index in [4.69, 9.17) is 4.42 Å². The van der Waals surface area contributed by atoms with Crippen molar-refractivity contribution in [3.8, 4) is 17.1 Å². The zero-order chi connectivity index (χ0) is 21.5. The third-order valence-corrected chi connectivity index (χ3v) is 5.35. The van der Waals surface area contributed by atoms with E-state index in [0.717, 1.165) is 43.7 Å². The Kier molecular flexibility index (Phi) is 7.46. The van der Waals surface area contributed by atoms with Gasteiger partial charge in [-0.15, -0.1) is 0 Å². The summed E-state index contributed by atoms with van der Waals surface area (Å²) in [4.78, 5) is 15.5. The molecule has 1 unspecified atom stereocenters. The van der Waals surface area contributed by atoms with Gasteiger partial charge in [-0.1, -0.05) is 26.0 Å². The molecule has 1 N–H and O–H groups in total. The van der Waals surface area contributed by atoms with E-state index in [9.17, 15) is 4.79 Å². The Morgan fingerprint density at radius 2 is 2.00 bits per heavy atom. The first kappa shape index (κ1) is 21.8. The van der Waals surface area contributed by atoms with Crippen LogP contribution in [0.5, 0.6) is 0 Å². The van der Waals surface area contributed by atoms with Gasteiger partial charge in [-0.3, -0.25) is 4.79 Å². The van der Waals surface area contributed by atoms with Crippen molar-refractivity contribution in [3.63, 3.8) is 0 Å². The molecule has 1 aromatic carbocycles. The van der Waals surface area contributed by atoms with Crippen molar-refractivity contribution in [1.29, 1.82) is 0 Å². The maximum Gasteiger partial charge on any atom is 0.270 e. The summed E-state index contributed by atoms with van der Waals surface area (Å²) in [7, 11) is 0. The van der Waals surface area contributed by atoms with Crippen molar-refractivity contribution in [3.05, 3.63) is 60.0 Å². The number of carbonyl (C=O) groups is 1. The van der Waals surface area contributed by atoms with Crippen molar-refractivity contribution in [2.75, 3.05) is 19.6 Å². The molecule has 0 aliphatic carbocycles. The summed E-state index contributed by atoms with van der Waals surface area (Å²) < 4.78 is 7.19. The van der Waals surface area contributed by atoms with Crippen LogP contribution < -0.4 is 5.32 Å². The van der Waals surface area contributed by atoms with Gasteiger partial charge in [-0.2, -0.15) is 5.10 Å². The molecule has 3 rings (SSSR count). The number of benzene rings is 1. The molecule has 0 spiro atoms. The highest BCUT2D eigenvalue weighted by molar-refractivity contribution is 5.94. The van der Waals surface area contributed by atoms with Crippen LogP contribution in [-0.2, 0) is 0 Å². The topological polar surface area (TPSA) is 63.3 Å². The summed E-state index contributed by atoms with van der Waals surface area (Å²) in [5.41, 5.74) is 3.11. The molecule has 160 valence electrons. The lowest BCUT2D eigenvalue weighted by Gasteiger charge is -2.20. The molecular formula is C24H32N4O2. The van der Waals surface area contributed by atoms with Crippen LogP contribution in [0.1, 0.15) is 49.7 Å². The highest BCUT2D eigenvalue weighted by Crippen LogP contribution is 2.23. The lowest BCUT2D eigenvalue weighted by molar-refractivity contribution is 0.0929. The van der Waals surface area contributed by atoms with E-state index in [-0.39, 0.29) is 11.9 Å². The van der Waals surface area contributed by atoms with Gasteiger partial charge in [-0.05, 0) is 76.2 Å². The van der Waals surface area contributed by atoms with Gasteiger partial charge in [0.05, 0.1) is 12.0 Å². The molecular weight excluding hydrogens is 376 g/mol. The molecule has 1 atom stereocenters. The Labute approximate surface area is 178 Å². The minimum absolute atomic E-state index is 0.0842. The van der Waals surface area contributed by atoms with Gasteiger partial charge in [-0.25, -0.2) is 4.68 Å². The molecule has 0 radical (unpaired) electrons. The van der Waals surface area contributed by atoms with E-state index < -0.39 is 0 Å². The fraction of sp³-hybridized carbons (Fsp3) is 0.417. The van der Waals surface area contributed by atoms with Gasteiger partial charge >= 0.3 is 0 Å².